The highest BCUT2D eigenvalue weighted by atomic mass is 32.2. The second-order valence-corrected chi connectivity index (χ2v) is 10.3. The molecule has 1 aliphatic rings. The normalized spacial score (nSPS) is 14.0. The van der Waals surface area contributed by atoms with Crippen molar-refractivity contribution < 1.29 is 22.4 Å². The van der Waals surface area contributed by atoms with Gasteiger partial charge in [0.25, 0.3) is 15.9 Å². The fourth-order valence-corrected chi connectivity index (χ4v) is 5.67. The van der Waals surface area contributed by atoms with Gasteiger partial charge >= 0.3 is 0 Å². The molecule has 1 aliphatic heterocycles. The smallest absolute Gasteiger partial charge is 0.291 e. The first-order valence-electron chi connectivity index (χ1n) is 11.8. The van der Waals surface area contributed by atoms with Crippen LogP contribution in [0.4, 0.5) is 17.1 Å². The molecule has 8 nitrogen and oxygen atoms in total. The van der Waals surface area contributed by atoms with Crippen molar-refractivity contribution >= 4 is 44.0 Å². The Hall–Kier alpha value is -3.98. The van der Waals surface area contributed by atoms with Gasteiger partial charge in [-0.1, -0.05) is 18.2 Å². The summed E-state index contributed by atoms with van der Waals surface area (Å²) in [5, 5.41) is 3.60. The maximum absolute atomic E-state index is 13.5. The minimum atomic E-state index is -3.96. The predicted octanol–water partition coefficient (Wildman–Crippen LogP) is 5.48. The van der Waals surface area contributed by atoms with Gasteiger partial charge in [0.05, 0.1) is 12.8 Å². The lowest BCUT2D eigenvalue weighted by atomic mass is 10.1. The van der Waals surface area contributed by atoms with Crippen molar-refractivity contribution in [2.45, 2.75) is 24.2 Å². The number of sulfonamides is 1. The third-order valence-electron chi connectivity index (χ3n) is 6.20. The Morgan fingerprint density at radius 3 is 2.36 bits per heavy atom. The minimum absolute atomic E-state index is 0.0997. The number of carbonyl (C=O) groups is 1. The van der Waals surface area contributed by atoms with E-state index in [0.717, 1.165) is 37.7 Å². The largest absolute Gasteiger partial charge is 0.497 e. The maximum Gasteiger partial charge on any atom is 0.291 e. The molecule has 0 unspecified atom stereocenters. The van der Waals surface area contributed by atoms with Crippen molar-refractivity contribution in [1.82, 2.24) is 0 Å². The number of hydrogen-bond donors (Lipinski definition) is 2. The summed E-state index contributed by atoms with van der Waals surface area (Å²) in [5.41, 5.74) is 1.99. The number of hydrogen-bond acceptors (Lipinski definition) is 6. The Kier molecular flexibility index (Phi) is 6.56. The molecule has 2 heterocycles. The molecule has 1 amide bonds. The van der Waals surface area contributed by atoms with E-state index in [4.69, 9.17) is 9.15 Å². The Morgan fingerprint density at radius 2 is 1.64 bits per heavy atom. The van der Waals surface area contributed by atoms with Gasteiger partial charge in [0.2, 0.25) is 0 Å². The number of ether oxygens (including phenoxy) is 1. The lowest BCUT2D eigenvalue weighted by molar-refractivity contribution is 0.0998. The molecule has 0 bridgehead atoms. The summed E-state index contributed by atoms with van der Waals surface area (Å²) >= 11 is 0. The number of fused-ring (bicyclic) bond motifs is 1. The molecule has 4 aromatic rings. The van der Waals surface area contributed by atoms with Crippen molar-refractivity contribution in [3.05, 3.63) is 78.6 Å². The van der Waals surface area contributed by atoms with Crippen LogP contribution >= 0.6 is 0 Å². The van der Waals surface area contributed by atoms with Crippen LogP contribution in [0.25, 0.3) is 11.0 Å². The Morgan fingerprint density at radius 1 is 0.917 bits per heavy atom. The number of amides is 1. The average Bonchev–Trinajstić information content (AvgIpc) is 3.34. The zero-order chi connectivity index (χ0) is 25.1. The molecule has 2 N–H and O–H groups in total. The molecule has 0 saturated carbocycles. The number of anilines is 3. The summed E-state index contributed by atoms with van der Waals surface area (Å²) in [7, 11) is -2.41. The van der Waals surface area contributed by atoms with Crippen molar-refractivity contribution in [2.24, 2.45) is 0 Å². The van der Waals surface area contributed by atoms with E-state index in [1.165, 1.54) is 6.07 Å². The highest BCUT2D eigenvalue weighted by Gasteiger charge is 2.25. The van der Waals surface area contributed by atoms with Crippen LogP contribution in [0.3, 0.4) is 0 Å². The van der Waals surface area contributed by atoms with Gasteiger partial charge in [-0.15, -0.1) is 0 Å². The SMILES string of the molecule is COc1ccc(NS(=O)(=O)c2cc(NC(=O)c3cc4ccccc4o3)ccc2N2CCCCC2)cc1. The topological polar surface area (TPSA) is 101 Å². The molecule has 0 radical (unpaired) electrons. The van der Waals surface area contributed by atoms with E-state index in [9.17, 15) is 13.2 Å². The van der Waals surface area contributed by atoms with Gasteiger partial charge in [0.15, 0.2) is 5.76 Å². The van der Waals surface area contributed by atoms with E-state index in [2.05, 4.69) is 14.9 Å². The van der Waals surface area contributed by atoms with Gasteiger partial charge in [0.1, 0.15) is 16.2 Å². The number of benzene rings is 3. The molecule has 186 valence electrons. The van der Waals surface area contributed by atoms with Gasteiger partial charge < -0.3 is 19.4 Å². The van der Waals surface area contributed by atoms with Crippen LogP contribution in [-0.4, -0.2) is 34.5 Å². The standard InChI is InChI=1S/C27H27N3O5S/c1-34-22-12-9-20(10-13-22)29-36(32,33)26-18-21(11-14-23(26)30-15-5-2-6-16-30)28-27(31)25-17-19-7-3-4-8-24(19)35-25/h3-4,7-14,17-18,29H,2,5-6,15-16H2,1H3,(H,28,31). The van der Waals surface area contributed by atoms with Crippen molar-refractivity contribution in [1.29, 1.82) is 0 Å². The van der Waals surface area contributed by atoms with E-state index in [0.29, 0.717) is 28.4 Å². The number of furan rings is 1. The zero-order valence-electron chi connectivity index (χ0n) is 19.9. The summed E-state index contributed by atoms with van der Waals surface area (Å²) < 4.78 is 40.6. The third-order valence-corrected chi connectivity index (χ3v) is 7.61. The molecule has 0 spiro atoms. The first-order valence-corrected chi connectivity index (χ1v) is 13.3. The predicted molar refractivity (Wildman–Crippen MR) is 140 cm³/mol. The Labute approximate surface area is 209 Å². The Bertz CT molecular complexity index is 1460. The maximum atomic E-state index is 13.5. The number of methoxy groups -OCH3 is 1. The van der Waals surface area contributed by atoms with Gasteiger partial charge in [-0.25, -0.2) is 8.42 Å². The van der Waals surface area contributed by atoms with Crippen LogP contribution in [0, 0.1) is 0 Å². The lowest BCUT2D eigenvalue weighted by Crippen LogP contribution is -2.31. The van der Waals surface area contributed by atoms with Gasteiger partial charge in [0, 0.05) is 29.9 Å². The summed E-state index contributed by atoms with van der Waals surface area (Å²) in [4.78, 5) is 15.1. The highest BCUT2D eigenvalue weighted by molar-refractivity contribution is 7.92. The summed E-state index contributed by atoms with van der Waals surface area (Å²) in [6.07, 6.45) is 3.11. The van der Waals surface area contributed by atoms with Gasteiger partial charge in [-0.3, -0.25) is 9.52 Å². The molecule has 1 saturated heterocycles. The molecule has 3 aromatic carbocycles. The quantitative estimate of drug-likeness (QED) is 0.345. The van der Waals surface area contributed by atoms with Gasteiger partial charge in [-0.2, -0.15) is 0 Å². The Balaban J connectivity index is 1.46. The number of piperidine rings is 1. The average molecular weight is 506 g/mol. The molecule has 9 heteroatoms. The van der Waals surface area contributed by atoms with Crippen molar-refractivity contribution in [3.63, 3.8) is 0 Å². The first-order chi connectivity index (χ1) is 17.4. The molecule has 36 heavy (non-hydrogen) atoms. The van der Waals surface area contributed by atoms with Crippen molar-refractivity contribution in [3.8, 4) is 5.75 Å². The second kappa shape index (κ2) is 9.94. The third kappa shape index (κ3) is 5.01. The highest BCUT2D eigenvalue weighted by Crippen LogP contribution is 2.32. The fraction of sp³-hybridized carbons (Fsp3) is 0.222. The molecular formula is C27H27N3O5S. The van der Waals surface area contributed by atoms with Crippen molar-refractivity contribution in [2.75, 3.05) is 35.1 Å². The molecule has 1 fully saturated rings. The van der Waals surface area contributed by atoms with Crippen LogP contribution in [0.2, 0.25) is 0 Å². The van der Waals surface area contributed by atoms with Crippen LogP contribution < -0.4 is 19.7 Å². The van der Waals surface area contributed by atoms with Gasteiger partial charge in [-0.05, 0) is 73.9 Å². The second-order valence-electron chi connectivity index (χ2n) is 8.67. The monoisotopic (exact) mass is 505 g/mol. The van der Waals surface area contributed by atoms with Crippen LogP contribution in [-0.2, 0) is 10.0 Å². The fourth-order valence-electron chi connectivity index (χ4n) is 4.36. The molecule has 1 aromatic heterocycles. The zero-order valence-corrected chi connectivity index (χ0v) is 20.7. The van der Waals surface area contributed by atoms with Crippen LogP contribution in [0.15, 0.2) is 82.1 Å². The van der Waals surface area contributed by atoms with Crippen LogP contribution in [0.5, 0.6) is 5.75 Å². The number of rotatable bonds is 7. The van der Waals surface area contributed by atoms with E-state index in [-0.39, 0.29) is 10.7 Å². The molecule has 5 rings (SSSR count). The summed E-state index contributed by atoms with van der Waals surface area (Å²) in [6.45, 7) is 1.55. The number of nitrogens with zero attached hydrogens (tertiary/aromatic N) is 1. The van der Waals surface area contributed by atoms with E-state index in [1.807, 2.05) is 18.2 Å². The van der Waals surface area contributed by atoms with Crippen LogP contribution in [0.1, 0.15) is 29.8 Å². The van der Waals surface area contributed by atoms with E-state index in [1.54, 1.807) is 55.6 Å². The summed E-state index contributed by atoms with van der Waals surface area (Å²) in [5.74, 6) is 0.322. The van der Waals surface area contributed by atoms with E-state index >= 15 is 0 Å². The molecular weight excluding hydrogens is 478 g/mol. The number of nitrogens with one attached hydrogen (secondary N) is 2. The number of carbonyl (C=O) groups excluding carboxylic acids is 1. The van der Waals surface area contributed by atoms with E-state index < -0.39 is 15.9 Å². The lowest BCUT2D eigenvalue weighted by Gasteiger charge is -2.30. The minimum Gasteiger partial charge on any atom is -0.497 e. The summed E-state index contributed by atoms with van der Waals surface area (Å²) in [6, 6.07) is 20.6. The molecule has 0 aliphatic carbocycles. The number of para-hydroxylation sites is 1. The first kappa shape index (κ1) is 23.7. The molecule has 0 atom stereocenters.